The quantitative estimate of drug-likeness (QED) is 0.758. The monoisotopic (exact) mass is 253 g/mol. The SMILES string of the molecule is COCCC(C)C(N)CSc1cccc(C)c1. The Hall–Kier alpha value is -0.510. The summed E-state index contributed by atoms with van der Waals surface area (Å²) in [6.07, 6.45) is 1.03. The summed E-state index contributed by atoms with van der Waals surface area (Å²) in [5.74, 6) is 1.47. The van der Waals surface area contributed by atoms with E-state index in [9.17, 15) is 0 Å². The Bertz CT molecular complexity index is 330. The molecule has 0 radical (unpaired) electrons. The highest BCUT2D eigenvalue weighted by Gasteiger charge is 2.12. The molecule has 0 saturated carbocycles. The van der Waals surface area contributed by atoms with Crippen molar-refractivity contribution >= 4 is 11.8 Å². The number of hydrogen-bond donors (Lipinski definition) is 1. The van der Waals surface area contributed by atoms with Crippen LogP contribution in [0, 0.1) is 12.8 Å². The lowest BCUT2D eigenvalue weighted by Crippen LogP contribution is -2.31. The van der Waals surface area contributed by atoms with E-state index in [0.29, 0.717) is 5.92 Å². The first kappa shape index (κ1) is 14.6. The zero-order chi connectivity index (χ0) is 12.7. The van der Waals surface area contributed by atoms with Crippen molar-refractivity contribution in [2.24, 2.45) is 11.7 Å². The molecule has 2 unspecified atom stereocenters. The highest BCUT2D eigenvalue weighted by molar-refractivity contribution is 7.99. The van der Waals surface area contributed by atoms with Crippen molar-refractivity contribution in [3.05, 3.63) is 29.8 Å². The van der Waals surface area contributed by atoms with Crippen molar-refractivity contribution in [2.45, 2.75) is 31.2 Å². The van der Waals surface area contributed by atoms with Gasteiger partial charge >= 0.3 is 0 Å². The van der Waals surface area contributed by atoms with Crippen molar-refractivity contribution in [2.75, 3.05) is 19.5 Å². The van der Waals surface area contributed by atoms with Gasteiger partial charge in [-0.2, -0.15) is 0 Å². The van der Waals surface area contributed by atoms with E-state index in [0.717, 1.165) is 18.8 Å². The van der Waals surface area contributed by atoms with Gasteiger partial charge in [0.1, 0.15) is 0 Å². The molecule has 0 aliphatic rings. The third kappa shape index (κ3) is 5.57. The van der Waals surface area contributed by atoms with Crippen molar-refractivity contribution < 1.29 is 4.74 Å². The average molecular weight is 253 g/mol. The molecule has 0 heterocycles. The first-order chi connectivity index (χ1) is 8.13. The summed E-state index contributed by atoms with van der Waals surface area (Å²) in [6, 6.07) is 8.79. The third-order valence-electron chi connectivity index (χ3n) is 2.94. The zero-order valence-electron chi connectivity index (χ0n) is 11.0. The van der Waals surface area contributed by atoms with Crippen LogP contribution in [-0.4, -0.2) is 25.5 Å². The standard InChI is InChI=1S/C14H23NOS/c1-11-5-4-6-13(9-11)17-10-14(15)12(2)7-8-16-3/h4-6,9,12,14H,7-8,10,15H2,1-3H3. The molecule has 3 heteroatoms. The van der Waals surface area contributed by atoms with Gasteiger partial charge < -0.3 is 10.5 Å². The van der Waals surface area contributed by atoms with Gasteiger partial charge in [-0.15, -0.1) is 11.8 Å². The van der Waals surface area contributed by atoms with Crippen LogP contribution in [0.2, 0.25) is 0 Å². The van der Waals surface area contributed by atoms with Crippen LogP contribution in [0.4, 0.5) is 0 Å². The van der Waals surface area contributed by atoms with E-state index in [-0.39, 0.29) is 6.04 Å². The van der Waals surface area contributed by atoms with Gasteiger partial charge in [-0.1, -0.05) is 24.6 Å². The van der Waals surface area contributed by atoms with E-state index in [1.807, 2.05) is 11.8 Å². The molecule has 0 aliphatic carbocycles. The molecule has 96 valence electrons. The van der Waals surface area contributed by atoms with Crippen LogP contribution in [0.25, 0.3) is 0 Å². The third-order valence-corrected chi connectivity index (χ3v) is 4.08. The molecule has 0 spiro atoms. The molecule has 0 bridgehead atoms. The molecule has 17 heavy (non-hydrogen) atoms. The zero-order valence-corrected chi connectivity index (χ0v) is 11.8. The number of thioether (sulfide) groups is 1. The van der Waals surface area contributed by atoms with Gasteiger partial charge in [-0.05, 0) is 31.4 Å². The molecule has 1 aromatic rings. The lowest BCUT2D eigenvalue weighted by molar-refractivity contribution is 0.176. The summed E-state index contributed by atoms with van der Waals surface area (Å²) in [7, 11) is 1.74. The van der Waals surface area contributed by atoms with Gasteiger partial charge in [-0.25, -0.2) is 0 Å². The maximum atomic E-state index is 6.17. The first-order valence-electron chi connectivity index (χ1n) is 6.07. The maximum absolute atomic E-state index is 6.17. The summed E-state index contributed by atoms with van der Waals surface area (Å²) in [4.78, 5) is 1.30. The van der Waals surface area contributed by atoms with Gasteiger partial charge in [0, 0.05) is 30.4 Å². The predicted octanol–water partition coefficient (Wildman–Crippen LogP) is 3.09. The second kappa shape index (κ2) is 7.75. The summed E-state index contributed by atoms with van der Waals surface area (Å²) in [5, 5.41) is 0. The van der Waals surface area contributed by atoms with E-state index in [4.69, 9.17) is 10.5 Å². The van der Waals surface area contributed by atoms with Gasteiger partial charge in [-0.3, -0.25) is 0 Å². The molecule has 2 nitrogen and oxygen atoms in total. The van der Waals surface area contributed by atoms with E-state index in [2.05, 4.69) is 38.1 Å². The number of methoxy groups -OCH3 is 1. The van der Waals surface area contributed by atoms with E-state index < -0.39 is 0 Å². The lowest BCUT2D eigenvalue weighted by Gasteiger charge is -2.19. The van der Waals surface area contributed by atoms with Crippen LogP contribution >= 0.6 is 11.8 Å². The highest BCUT2D eigenvalue weighted by atomic mass is 32.2. The van der Waals surface area contributed by atoms with Gasteiger partial charge in [0.05, 0.1) is 0 Å². The van der Waals surface area contributed by atoms with Gasteiger partial charge in [0.2, 0.25) is 0 Å². The molecule has 1 aromatic carbocycles. The van der Waals surface area contributed by atoms with Crippen molar-refractivity contribution in [1.29, 1.82) is 0 Å². The minimum Gasteiger partial charge on any atom is -0.385 e. The van der Waals surface area contributed by atoms with Gasteiger partial charge in [0.15, 0.2) is 0 Å². The average Bonchev–Trinajstić information content (AvgIpc) is 2.33. The molecular weight excluding hydrogens is 230 g/mol. The highest BCUT2D eigenvalue weighted by Crippen LogP contribution is 2.21. The fourth-order valence-electron chi connectivity index (χ4n) is 1.58. The Morgan fingerprint density at radius 2 is 2.18 bits per heavy atom. The normalized spacial score (nSPS) is 14.6. The first-order valence-corrected chi connectivity index (χ1v) is 7.06. The Balaban J connectivity index is 2.34. The largest absolute Gasteiger partial charge is 0.385 e. The van der Waals surface area contributed by atoms with Crippen LogP contribution in [-0.2, 0) is 4.74 Å². The Labute approximate surface area is 109 Å². The predicted molar refractivity (Wildman–Crippen MR) is 75.5 cm³/mol. The molecule has 0 fully saturated rings. The summed E-state index contributed by atoms with van der Waals surface area (Å²) >= 11 is 1.84. The Kier molecular flexibility index (Phi) is 6.63. The van der Waals surface area contributed by atoms with Crippen molar-refractivity contribution in [1.82, 2.24) is 0 Å². The second-order valence-corrected chi connectivity index (χ2v) is 5.64. The molecule has 0 saturated heterocycles. The number of nitrogens with two attached hydrogens (primary N) is 1. The van der Waals surface area contributed by atoms with E-state index in [1.165, 1.54) is 10.5 Å². The van der Waals surface area contributed by atoms with E-state index in [1.54, 1.807) is 7.11 Å². The van der Waals surface area contributed by atoms with Crippen LogP contribution in [0.5, 0.6) is 0 Å². The fourth-order valence-corrected chi connectivity index (χ4v) is 2.74. The molecule has 0 amide bonds. The molecule has 2 atom stereocenters. The number of rotatable bonds is 7. The number of ether oxygens (including phenoxy) is 1. The smallest absolute Gasteiger partial charge is 0.0465 e. The number of benzene rings is 1. The summed E-state index contributed by atoms with van der Waals surface area (Å²) < 4.78 is 5.08. The number of hydrogen-bond acceptors (Lipinski definition) is 3. The van der Waals surface area contributed by atoms with Crippen LogP contribution in [0.3, 0.4) is 0 Å². The van der Waals surface area contributed by atoms with Crippen molar-refractivity contribution in [3.8, 4) is 0 Å². The lowest BCUT2D eigenvalue weighted by atomic mass is 10.0. The Morgan fingerprint density at radius 3 is 2.82 bits per heavy atom. The molecule has 1 rings (SSSR count). The van der Waals surface area contributed by atoms with Gasteiger partial charge in [0.25, 0.3) is 0 Å². The maximum Gasteiger partial charge on any atom is 0.0465 e. The Morgan fingerprint density at radius 1 is 1.41 bits per heavy atom. The minimum atomic E-state index is 0.232. The fraction of sp³-hybridized carbons (Fsp3) is 0.571. The molecule has 0 aromatic heterocycles. The van der Waals surface area contributed by atoms with Crippen LogP contribution < -0.4 is 5.73 Å². The summed E-state index contributed by atoms with van der Waals surface area (Å²) in [6.45, 7) is 5.11. The van der Waals surface area contributed by atoms with Crippen molar-refractivity contribution in [3.63, 3.8) is 0 Å². The topological polar surface area (TPSA) is 35.2 Å². The van der Waals surface area contributed by atoms with Crippen LogP contribution in [0.1, 0.15) is 18.9 Å². The summed E-state index contributed by atoms with van der Waals surface area (Å²) in [5.41, 5.74) is 7.47. The minimum absolute atomic E-state index is 0.232. The molecule has 2 N–H and O–H groups in total. The number of aryl methyl sites for hydroxylation is 1. The molecular formula is C14H23NOS. The second-order valence-electron chi connectivity index (χ2n) is 4.55. The molecule has 0 aliphatic heterocycles. The van der Waals surface area contributed by atoms with Crippen LogP contribution in [0.15, 0.2) is 29.2 Å². The van der Waals surface area contributed by atoms with E-state index >= 15 is 0 Å².